The molecule has 2 aliphatic heterocycles. The number of piperidine rings is 1. The van der Waals surface area contributed by atoms with Crippen molar-refractivity contribution in [2.75, 3.05) is 33.2 Å². The molecule has 0 bridgehead atoms. The summed E-state index contributed by atoms with van der Waals surface area (Å²) in [4.78, 5) is 27.6. The molecule has 1 unspecified atom stereocenters. The van der Waals surface area contributed by atoms with Gasteiger partial charge in [0.1, 0.15) is 0 Å². The lowest BCUT2D eigenvalue weighted by Crippen LogP contribution is -2.48. The summed E-state index contributed by atoms with van der Waals surface area (Å²) in [5.41, 5.74) is 0. The molecule has 2 saturated heterocycles. The standard InChI is InChI=1S/C14H25N3O2/c1-15-11-14(19)17-9-3-2-5-12(17)7-10-16-8-4-6-13(16)18/h12,15H,2-11H2,1H3. The highest BCUT2D eigenvalue weighted by atomic mass is 16.2. The highest BCUT2D eigenvalue weighted by molar-refractivity contribution is 5.79. The Labute approximate surface area is 115 Å². The average molecular weight is 267 g/mol. The normalized spacial score (nSPS) is 24.1. The Morgan fingerprint density at radius 2 is 2.16 bits per heavy atom. The number of likely N-dealkylation sites (tertiary alicyclic amines) is 2. The number of nitrogens with zero attached hydrogens (tertiary/aromatic N) is 2. The monoisotopic (exact) mass is 267 g/mol. The van der Waals surface area contributed by atoms with Crippen molar-refractivity contribution in [1.29, 1.82) is 0 Å². The highest BCUT2D eigenvalue weighted by Gasteiger charge is 2.28. The molecule has 2 rings (SSSR count). The van der Waals surface area contributed by atoms with E-state index in [0.29, 0.717) is 19.0 Å². The molecule has 0 aromatic rings. The minimum Gasteiger partial charge on any atom is -0.343 e. The Morgan fingerprint density at radius 3 is 2.84 bits per heavy atom. The molecule has 108 valence electrons. The maximum atomic E-state index is 12.1. The number of carbonyl (C=O) groups excluding carboxylic acids is 2. The van der Waals surface area contributed by atoms with Crippen LogP contribution in [-0.4, -0.2) is 60.9 Å². The van der Waals surface area contributed by atoms with E-state index in [1.807, 2.05) is 9.80 Å². The van der Waals surface area contributed by atoms with Gasteiger partial charge in [-0.2, -0.15) is 0 Å². The van der Waals surface area contributed by atoms with E-state index in [1.165, 1.54) is 6.42 Å². The number of carbonyl (C=O) groups is 2. The number of amides is 2. The van der Waals surface area contributed by atoms with Gasteiger partial charge in [-0.1, -0.05) is 0 Å². The largest absolute Gasteiger partial charge is 0.343 e. The van der Waals surface area contributed by atoms with E-state index >= 15 is 0 Å². The van der Waals surface area contributed by atoms with Crippen molar-refractivity contribution in [3.63, 3.8) is 0 Å². The van der Waals surface area contributed by atoms with E-state index in [2.05, 4.69) is 5.32 Å². The van der Waals surface area contributed by atoms with Gasteiger partial charge in [0.15, 0.2) is 0 Å². The predicted octanol–water partition coefficient (Wildman–Crippen LogP) is 0.599. The van der Waals surface area contributed by atoms with Crippen LogP contribution < -0.4 is 5.32 Å². The number of rotatable bonds is 5. The molecule has 5 nitrogen and oxygen atoms in total. The zero-order valence-electron chi connectivity index (χ0n) is 11.9. The average Bonchev–Trinajstić information content (AvgIpc) is 2.82. The van der Waals surface area contributed by atoms with Crippen LogP contribution in [0.15, 0.2) is 0 Å². The Kier molecular flexibility index (Phi) is 5.19. The molecule has 5 heteroatoms. The molecule has 0 radical (unpaired) electrons. The number of likely N-dealkylation sites (N-methyl/N-ethyl adjacent to an activating group) is 1. The third kappa shape index (κ3) is 3.69. The predicted molar refractivity (Wildman–Crippen MR) is 73.7 cm³/mol. The van der Waals surface area contributed by atoms with E-state index in [1.54, 1.807) is 7.05 Å². The summed E-state index contributed by atoms with van der Waals surface area (Å²) < 4.78 is 0. The summed E-state index contributed by atoms with van der Waals surface area (Å²) in [5.74, 6) is 0.476. The summed E-state index contributed by atoms with van der Waals surface area (Å²) in [6, 6.07) is 0.322. The lowest BCUT2D eigenvalue weighted by atomic mass is 9.99. The highest BCUT2D eigenvalue weighted by Crippen LogP contribution is 2.21. The van der Waals surface area contributed by atoms with Crippen LogP contribution in [0.2, 0.25) is 0 Å². The van der Waals surface area contributed by atoms with Gasteiger partial charge in [0.25, 0.3) is 0 Å². The Hall–Kier alpha value is -1.10. The van der Waals surface area contributed by atoms with Crippen LogP contribution in [0, 0.1) is 0 Å². The van der Waals surface area contributed by atoms with E-state index in [4.69, 9.17) is 0 Å². The number of nitrogens with one attached hydrogen (secondary N) is 1. The Balaban J connectivity index is 1.85. The first-order chi connectivity index (χ1) is 9.22. The molecule has 0 saturated carbocycles. The van der Waals surface area contributed by atoms with Gasteiger partial charge < -0.3 is 15.1 Å². The van der Waals surface area contributed by atoms with E-state index < -0.39 is 0 Å². The van der Waals surface area contributed by atoms with Crippen molar-refractivity contribution in [2.45, 2.75) is 44.6 Å². The van der Waals surface area contributed by atoms with Crippen LogP contribution in [0.5, 0.6) is 0 Å². The molecule has 2 aliphatic rings. The summed E-state index contributed by atoms with van der Waals surface area (Å²) >= 11 is 0. The van der Waals surface area contributed by atoms with E-state index in [9.17, 15) is 9.59 Å². The summed E-state index contributed by atoms with van der Waals surface area (Å²) in [6.45, 7) is 3.00. The second kappa shape index (κ2) is 6.89. The van der Waals surface area contributed by atoms with Gasteiger partial charge in [-0.05, 0) is 39.2 Å². The molecule has 0 aromatic heterocycles. The lowest BCUT2D eigenvalue weighted by Gasteiger charge is -2.36. The van der Waals surface area contributed by atoms with Gasteiger partial charge in [0.2, 0.25) is 11.8 Å². The van der Waals surface area contributed by atoms with Gasteiger partial charge in [-0.15, -0.1) is 0 Å². The maximum absolute atomic E-state index is 12.1. The first kappa shape index (κ1) is 14.3. The smallest absolute Gasteiger partial charge is 0.236 e. The molecule has 0 aromatic carbocycles. The van der Waals surface area contributed by atoms with Gasteiger partial charge in [-0.25, -0.2) is 0 Å². The van der Waals surface area contributed by atoms with Gasteiger partial charge >= 0.3 is 0 Å². The summed E-state index contributed by atoms with van der Waals surface area (Å²) in [6.07, 6.45) is 6.01. The first-order valence-electron chi connectivity index (χ1n) is 7.44. The van der Waals surface area contributed by atoms with Gasteiger partial charge in [-0.3, -0.25) is 9.59 Å². The van der Waals surface area contributed by atoms with Crippen molar-refractivity contribution >= 4 is 11.8 Å². The zero-order valence-corrected chi connectivity index (χ0v) is 11.9. The quantitative estimate of drug-likeness (QED) is 0.793. The molecular formula is C14H25N3O2. The summed E-state index contributed by atoms with van der Waals surface area (Å²) in [5, 5.41) is 2.93. The molecule has 0 aliphatic carbocycles. The third-order valence-electron chi connectivity index (χ3n) is 4.18. The van der Waals surface area contributed by atoms with E-state index in [0.717, 1.165) is 45.3 Å². The number of hydrogen-bond acceptors (Lipinski definition) is 3. The fraction of sp³-hybridized carbons (Fsp3) is 0.857. The molecule has 1 atom stereocenters. The van der Waals surface area contributed by atoms with Crippen molar-refractivity contribution in [2.24, 2.45) is 0 Å². The van der Waals surface area contributed by atoms with Crippen LogP contribution in [0.1, 0.15) is 38.5 Å². The second-order valence-electron chi connectivity index (χ2n) is 5.54. The molecule has 2 amide bonds. The molecular weight excluding hydrogens is 242 g/mol. The van der Waals surface area contributed by atoms with Gasteiger partial charge in [0.05, 0.1) is 6.54 Å². The molecule has 2 heterocycles. The topological polar surface area (TPSA) is 52.7 Å². The maximum Gasteiger partial charge on any atom is 0.236 e. The minimum absolute atomic E-state index is 0.194. The lowest BCUT2D eigenvalue weighted by molar-refractivity contribution is -0.134. The Morgan fingerprint density at radius 1 is 1.32 bits per heavy atom. The Bertz CT molecular complexity index is 333. The summed E-state index contributed by atoms with van der Waals surface area (Å²) in [7, 11) is 1.81. The van der Waals surface area contributed by atoms with Crippen molar-refractivity contribution in [1.82, 2.24) is 15.1 Å². The van der Waals surface area contributed by atoms with Crippen LogP contribution in [0.4, 0.5) is 0 Å². The van der Waals surface area contributed by atoms with Crippen molar-refractivity contribution < 1.29 is 9.59 Å². The van der Waals surface area contributed by atoms with E-state index in [-0.39, 0.29) is 11.8 Å². The molecule has 1 N–H and O–H groups in total. The molecule has 0 spiro atoms. The van der Waals surface area contributed by atoms with Crippen LogP contribution in [-0.2, 0) is 9.59 Å². The van der Waals surface area contributed by atoms with Crippen LogP contribution in [0.3, 0.4) is 0 Å². The first-order valence-corrected chi connectivity index (χ1v) is 7.44. The SMILES string of the molecule is CNCC(=O)N1CCCCC1CCN1CCCC1=O. The zero-order chi connectivity index (χ0) is 13.7. The van der Waals surface area contributed by atoms with Crippen molar-refractivity contribution in [3.05, 3.63) is 0 Å². The fourth-order valence-electron chi connectivity index (χ4n) is 3.13. The van der Waals surface area contributed by atoms with Crippen LogP contribution in [0.25, 0.3) is 0 Å². The molecule has 19 heavy (non-hydrogen) atoms. The second-order valence-corrected chi connectivity index (χ2v) is 5.54. The molecule has 2 fully saturated rings. The van der Waals surface area contributed by atoms with Crippen LogP contribution >= 0.6 is 0 Å². The fourth-order valence-corrected chi connectivity index (χ4v) is 3.13. The van der Waals surface area contributed by atoms with Crippen molar-refractivity contribution in [3.8, 4) is 0 Å². The van der Waals surface area contributed by atoms with Gasteiger partial charge in [0, 0.05) is 32.1 Å². The minimum atomic E-state index is 0.194. The number of hydrogen-bond donors (Lipinski definition) is 1. The third-order valence-corrected chi connectivity index (χ3v) is 4.18.